The van der Waals surface area contributed by atoms with Crippen LogP contribution in [0.15, 0.2) is 47.4 Å². The van der Waals surface area contributed by atoms with Crippen LogP contribution in [-0.2, 0) is 11.2 Å². The van der Waals surface area contributed by atoms with Crippen LogP contribution >= 0.6 is 23.4 Å². The molecule has 132 valence electrons. The molecule has 3 rings (SSSR count). The van der Waals surface area contributed by atoms with Crippen LogP contribution in [0.5, 0.6) is 11.5 Å². The van der Waals surface area contributed by atoms with Gasteiger partial charge in [-0.1, -0.05) is 17.7 Å². The summed E-state index contributed by atoms with van der Waals surface area (Å²) in [6.07, 6.45) is 0.751. The van der Waals surface area contributed by atoms with Crippen molar-refractivity contribution < 1.29 is 14.3 Å². The standard InChI is InChI=1S/C19H20ClNO3S/c1-13(25-16-5-3-15(20)4-6-16)19(22)21-9-8-14-2-7-17-18(12-14)24-11-10-23-17/h2-7,12-13H,8-11H2,1H3,(H,21,22). The molecular weight excluding hydrogens is 358 g/mol. The Bertz CT molecular complexity index is 736. The number of hydrogen-bond donors (Lipinski definition) is 1. The number of fused-ring (bicyclic) bond motifs is 1. The normalized spacial score (nSPS) is 14.0. The fourth-order valence-electron chi connectivity index (χ4n) is 2.49. The van der Waals surface area contributed by atoms with Crippen molar-refractivity contribution in [3.05, 3.63) is 53.1 Å². The quantitative estimate of drug-likeness (QED) is 0.774. The van der Waals surface area contributed by atoms with Gasteiger partial charge in [-0.25, -0.2) is 0 Å². The Balaban J connectivity index is 1.46. The Kier molecular flexibility index (Phi) is 6.10. The molecule has 0 saturated carbocycles. The molecule has 0 fully saturated rings. The van der Waals surface area contributed by atoms with E-state index < -0.39 is 0 Å². The number of amides is 1. The maximum absolute atomic E-state index is 12.2. The van der Waals surface area contributed by atoms with Gasteiger partial charge in [-0.15, -0.1) is 11.8 Å². The zero-order chi connectivity index (χ0) is 17.6. The van der Waals surface area contributed by atoms with E-state index in [1.54, 1.807) is 0 Å². The fourth-order valence-corrected chi connectivity index (χ4v) is 3.51. The second-order valence-electron chi connectivity index (χ2n) is 5.73. The van der Waals surface area contributed by atoms with Gasteiger partial charge in [0, 0.05) is 16.5 Å². The molecule has 2 aromatic carbocycles. The molecule has 1 heterocycles. The molecule has 0 aromatic heterocycles. The van der Waals surface area contributed by atoms with E-state index >= 15 is 0 Å². The largest absolute Gasteiger partial charge is 0.486 e. The molecule has 0 saturated heterocycles. The lowest BCUT2D eigenvalue weighted by Crippen LogP contribution is -2.32. The van der Waals surface area contributed by atoms with Crippen LogP contribution in [-0.4, -0.2) is 30.9 Å². The number of halogens is 1. The summed E-state index contributed by atoms with van der Waals surface area (Å²) in [5.74, 6) is 1.59. The first-order valence-electron chi connectivity index (χ1n) is 8.20. The third-order valence-corrected chi connectivity index (χ3v) is 5.18. The van der Waals surface area contributed by atoms with E-state index in [1.807, 2.05) is 49.4 Å². The van der Waals surface area contributed by atoms with Crippen molar-refractivity contribution in [1.82, 2.24) is 5.32 Å². The zero-order valence-electron chi connectivity index (χ0n) is 14.0. The van der Waals surface area contributed by atoms with Crippen molar-refractivity contribution in [3.63, 3.8) is 0 Å². The number of hydrogen-bond acceptors (Lipinski definition) is 4. The lowest BCUT2D eigenvalue weighted by Gasteiger charge is -2.19. The van der Waals surface area contributed by atoms with Crippen molar-refractivity contribution in [1.29, 1.82) is 0 Å². The van der Waals surface area contributed by atoms with E-state index in [-0.39, 0.29) is 11.2 Å². The SMILES string of the molecule is CC(Sc1ccc(Cl)cc1)C(=O)NCCc1ccc2c(c1)OCCO2. The van der Waals surface area contributed by atoms with E-state index in [1.165, 1.54) is 11.8 Å². The summed E-state index contributed by atoms with van der Waals surface area (Å²) in [5, 5.41) is 3.51. The van der Waals surface area contributed by atoms with Gasteiger partial charge in [-0.3, -0.25) is 4.79 Å². The van der Waals surface area contributed by atoms with Gasteiger partial charge in [-0.2, -0.15) is 0 Å². The van der Waals surface area contributed by atoms with Crippen molar-refractivity contribution in [2.75, 3.05) is 19.8 Å². The first kappa shape index (κ1) is 18.0. The Labute approximate surface area is 156 Å². The number of carbonyl (C=O) groups excluding carboxylic acids is 1. The molecule has 4 nitrogen and oxygen atoms in total. The second-order valence-corrected chi connectivity index (χ2v) is 7.58. The average molecular weight is 378 g/mol. The minimum absolute atomic E-state index is 0.0255. The molecule has 1 amide bonds. The molecule has 0 bridgehead atoms. The number of benzene rings is 2. The minimum Gasteiger partial charge on any atom is -0.486 e. The highest BCUT2D eigenvalue weighted by molar-refractivity contribution is 8.00. The number of ether oxygens (including phenoxy) is 2. The van der Waals surface area contributed by atoms with Gasteiger partial charge in [0.1, 0.15) is 13.2 Å². The van der Waals surface area contributed by atoms with Gasteiger partial charge in [0.15, 0.2) is 11.5 Å². The van der Waals surface area contributed by atoms with E-state index in [9.17, 15) is 4.79 Å². The summed E-state index contributed by atoms with van der Waals surface area (Å²) in [4.78, 5) is 13.3. The van der Waals surface area contributed by atoms with Crippen LogP contribution in [0.2, 0.25) is 5.02 Å². The smallest absolute Gasteiger partial charge is 0.233 e. The van der Waals surface area contributed by atoms with Gasteiger partial charge in [-0.05, 0) is 55.3 Å². The zero-order valence-corrected chi connectivity index (χ0v) is 15.5. The maximum Gasteiger partial charge on any atom is 0.233 e. The topological polar surface area (TPSA) is 47.6 Å². The molecule has 1 atom stereocenters. The number of rotatable bonds is 6. The highest BCUT2D eigenvalue weighted by atomic mass is 35.5. The minimum atomic E-state index is -0.165. The van der Waals surface area contributed by atoms with E-state index in [4.69, 9.17) is 21.1 Å². The van der Waals surface area contributed by atoms with Crippen molar-refractivity contribution >= 4 is 29.3 Å². The average Bonchev–Trinajstić information content (AvgIpc) is 2.63. The fraction of sp³-hybridized carbons (Fsp3) is 0.316. The van der Waals surface area contributed by atoms with Crippen LogP contribution in [0.25, 0.3) is 0 Å². The second kappa shape index (κ2) is 8.50. The Morgan fingerprint density at radius 2 is 1.88 bits per heavy atom. The lowest BCUT2D eigenvalue weighted by molar-refractivity contribution is -0.120. The summed E-state index contributed by atoms with van der Waals surface area (Å²) < 4.78 is 11.1. The van der Waals surface area contributed by atoms with E-state index in [2.05, 4.69) is 5.32 Å². The molecule has 1 aliphatic rings. The summed E-state index contributed by atoms with van der Waals surface area (Å²) >= 11 is 7.39. The van der Waals surface area contributed by atoms with Crippen LogP contribution in [0.1, 0.15) is 12.5 Å². The lowest BCUT2D eigenvalue weighted by atomic mass is 10.1. The first-order chi connectivity index (χ1) is 12.1. The van der Waals surface area contributed by atoms with Crippen LogP contribution in [0, 0.1) is 0 Å². The monoisotopic (exact) mass is 377 g/mol. The summed E-state index contributed by atoms with van der Waals surface area (Å²) in [6, 6.07) is 13.4. The third kappa shape index (κ3) is 5.06. The van der Waals surface area contributed by atoms with Gasteiger partial charge in [0.2, 0.25) is 5.91 Å². The molecular formula is C19H20ClNO3S. The predicted octanol–water partition coefficient (Wildman–Crippen LogP) is 3.95. The first-order valence-corrected chi connectivity index (χ1v) is 9.46. The third-order valence-electron chi connectivity index (χ3n) is 3.82. The Morgan fingerprint density at radius 3 is 2.64 bits per heavy atom. The van der Waals surface area contributed by atoms with Crippen LogP contribution in [0.4, 0.5) is 0 Å². The van der Waals surface area contributed by atoms with Gasteiger partial charge < -0.3 is 14.8 Å². The number of carbonyl (C=O) groups is 1. The summed E-state index contributed by atoms with van der Waals surface area (Å²) in [5.41, 5.74) is 1.11. The van der Waals surface area contributed by atoms with Crippen molar-refractivity contribution in [2.24, 2.45) is 0 Å². The van der Waals surface area contributed by atoms with Crippen LogP contribution in [0.3, 0.4) is 0 Å². The molecule has 0 aliphatic carbocycles. The van der Waals surface area contributed by atoms with Crippen LogP contribution < -0.4 is 14.8 Å². The van der Waals surface area contributed by atoms with E-state index in [0.717, 1.165) is 28.4 Å². The van der Waals surface area contributed by atoms with Crippen molar-refractivity contribution in [3.8, 4) is 11.5 Å². The van der Waals surface area contributed by atoms with Gasteiger partial charge in [0.05, 0.1) is 5.25 Å². The molecule has 0 radical (unpaired) electrons. The molecule has 25 heavy (non-hydrogen) atoms. The van der Waals surface area contributed by atoms with E-state index in [0.29, 0.717) is 24.8 Å². The molecule has 1 unspecified atom stereocenters. The number of nitrogens with one attached hydrogen (secondary N) is 1. The van der Waals surface area contributed by atoms with Gasteiger partial charge >= 0.3 is 0 Å². The molecule has 6 heteroatoms. The number of thioether (sulfide) groups is 1. The van der Waals surface area contributed by atoms with Gasteiger partial charge in [0.25, 0.3) is 0 Å². The summed E-state index contributed by atoms with van der Waals surface area (Å²) in [7, 11) is 0. The maximum atomic E-state index is 12.2. The Morgan fingerprint density at radius 1 is 1.16 bits per heavy atom. The highest BCUT2D eigenvalue weighted by Crippen LogP contribution is 2.30. The predicted molar refractivity (Wildman–Crippen MR) is 101 cm³/mol. The molecule has 1 N–H and O–H groups in total. The molecule has 1 aliphatic heterocycles. The molecule has 0 spiro atoms. The molecule has 2 aromatic rings. The van der Waals surface area contributed by atoms with Crippen molar-refractivity contribution in [2.45, 2.75) is 23.5 Å². The highest BCUT2D eigenvalue weighted by Gasteiger charge is 2.15. The Hall–Kier alpha value is -1.85. The summed E-state index contributed by atoms with van der Waals surface area (Å²) in [6.45, 7) is 3.65.